The number of methoxy groups -OCH3 is 1. The maximum Gasteiger partial charge on any atom is 0.266 e. The molecule has 0 aromatic heterocycles. The van der Waals surface area contributed by atoms with Crippen molar-refractivity contribution in [3.63, 3.8) is 0 Å². The molecular weight excluding hydrogens is 336 g/mol. The molecule has 0 spiro atoms. The lowest BCUT2D eigenvalue weighted by atomic mass is 10.1. The van der Waals surface area contributed by atoms with Crippen LogP contribution in [0, 0.1) is 18.3 Å². The van der Waals surface area contributed by atoms with Crippen LogP contribution < -0.4 is 10.1 Å². The summed E-state index contributed by atoms with van der Waals surface area (Å²) in [6.45, 7) is 1.82. The van der Waals surface area contributed by atoms with Gasteiger partial charge in [-0.05, 0) is 30.2 Å². The first kappa shape index (κ1) is 18.3. The van der Waals surface area contributed by atoms with E-state index in [2.05, 4.69) is 5.32 Å². The van der Waals surface area contributed by atoms with Crippen molar-refractivity contribution in [1.29, 1.82) is 5.26 Å². The smallest absolute Gasteiger partial charge is 0.266 e. The van der Waals surface area contributed by atoms with Crippen molar-refractivity contribution in [2.75, 3.05) is 12.4 Å². The standard InChI is InChI=1S/C20H17ClN2O2/c1-14-11-18(19(25-2)12-17(14)21)23-20(24)16(13-22)10-6-9-15-7-4-3-5-8-15/h3-12H,1-2H3,(H,23,24). The Morgan fingerprint density at radius 2 is 2.00 bits per heavy atom. The zero-order valence-electron chi connectivity index (χ0n) is 13.9. The molecule has 5 heteroatoms. The SMILES string of the molecule is COc1cc(Cl)c(C)cc1NC(=O)C(C#N)=CC=Cc1ccccc1. The highest BCUT2D eigenvalue weighted by Crippen LogP contribution is 2.31. The topological polar surface area (TPSA) is 62.1 Å². The quantitative estimate of drug-likeness (QED) is 0.479. The largest absolute Gasteiger partial charge is 0.495 e. The van der Waals surface area contributed by atoms with Gasteiger partial charge in [0.25, 0.3) is 5.91 Å². The third-order valence-electron chi connectivity index (χ3n) is 3.45. The van der Waals surface area contributed by atoms with Gasteiger partial charge in [0.15, 0.2) is 0 Å². The number of amides is 1. The molecule has 2 aromatic carbocycles. The number of allylic oxidation sites excluding steroid dienone is 2. The summed E-state index contributed by atoms with van der Waals surface area (Å²) < 4.78 is 5.22. The number of ether oxygens (including phenoxy) is 1. The molecule has 0 atom stereocenters. The van der Waals surface area contributed by atoms with E-state index in [-0.39, 0.29) is 5.57 Å². The molecule has 0 radical (unpaired) electrons. The van der Waals surface area contributed by atoms with Gasteiger partial charge in [-0.15, -0.1) is 0 Å². The molecule has 2 aromatic rings. The maximum absolute atomic E-state index is 12.3. The molecule has 2 rings (SSSR count). The van der Waals surface area contributed by atoms with Crippen molar-refractivity contribution in [2.45, 2.75) is 6.92 Å². The van der Waals surface area contributed by atoms with Gasteiger partial charge in [-0.3, -0.25) is 4.79 Å². The highest BCUT2D eigenvalue weighted by Gasteiger charge is 2.13. The number of hydrogen-bond donors (Lipinski definition) is 1. The Morgan fingerprint density at radius 3 is 2.64 bits per heavy atom. The summed E-state index contributed by atoms with van der Waals surface area (Å²) in [5, 5.41) is 12.5. The predicted octanol–water partition coefficient (Wildman–Crippen LogP) is 4.76. The van der Waals surface area contributed by atoms with Gasteiger partial charge in [0.05, 0.1) is 12.8 Å². The second kappa shape index (κ2) is 8.72. The Morgan fingerprint density at radius 1 is 1.28 bits per heavy atom. The van der Waals surface area contributed by atoms with E-state index in [1.54, 1.807) is 18.2 Å². The molecule has 0 fully saturated rings. The number of nitrogens with one attached hydrogen (secondary N) is 1. The fraction of sp³-hybridized carbons (Fsp3) is 0.100. The number of carbonyl (C=O) groups is 1. The number of nitriles is 1. The molecule has 126 valence electrons. The summed E-state index contributed by atoms with van der Waals surface area (Å²) in [6, 6.07) is 14.8. The molecule has 0 saturated heterocycles. The summed E-state index contributed by atoms with van der Waals surface area (Å²) in [6.07, 6.45) is 4.95. The van der Waals surface area contributed by atoms with Gasteiger partial charge < -0.3 is 10.1 Å². The van der Waals surface area contributed by atoms with E-state index in [0.29, 0.717) is 16.5 Å². The summed E-state index contributed by atoms with van der Waals surface area (Å²) >= 11 is 6.05. The number of rotatable bonds is 5. The van der Waals surface area contributed by atoms with Crippen molar-refractivity contribution in [2.24, 2.45) is 0 Å². The number of aryl methyl sites for hydroxylation is 1. The van der Waals surface area contributed by atoms with E-state index in [1.165, 1.54) is 13.2 Å². The third-order valence-corrected chi connectivity index (χ3v) is 3.85. The van der Waals surface area contributed by atoms with E-state index in [9.17, 15) is 10.1 Å². The number of hydrogen-bond acceptors (Lipinski definition) is 3. The van der Waals surface area contributed by atoms with Crippen molar-refractivity contribution in [3.05, 3.63) is 76.3 Å². The monoisotopic (exact) mass is 352 g/mol. The average Bonchev–Trinajstić information content (AvgIpc) is 2.62. The Labute approximate surface area is 152 Å². The molecule has 0 aliphatic carbocycles. The minimum Gasteiger partial charge on any atom is -0.495 e. The molecular formula is C20H17ClN2O2. The van der Waals surface area contributed by atoms with Crippen molar-refractivity contribution >= 4 is 29.3 Å². The molecule has 0 heterocycles. The second-order valence-electron chi connectivity index (χ2n) is 5.22. The Balaban J connectivity index is 2.18. The fourth-order valence-electron chi connectivity index (χ4n) is 2.10. The van der Waals surface area contributed by atoms with Gasteiger partial charge in [0.2, 0.25) is 0 Å². The van der Waals surface area contributed by atoms with E-state index >= 15 is 0 Å². The zero-order valence-corrected chi connectivity index (χ0v) is 14.7. The normalized spacial score (nSPS) is 11.2. The van der Waals surface area contributed by atoms with Crippen molar-refractivity contribution < 1.29 is 9.53 Å². The first-order valence-corrected chi connectivity index (χ1v) is 7.92. The van der Waals surface area contributed by atoms with Crippen LogP contribution in [0.25, 0.3) is 6.08 Å². The first-order chi connectivity index (χ1) is 12.0. The fourth-order valence-corrected chi connectivity index (χ4v) is 2.26. The number of benzene rings is 2. The van der Waals surface area contributed by atoms with Gasteiger partial charge in [-0.1, -0.05) is 54.1 Å². The summed E-state index contributed by atoms with van der Waals surface area (Å²) in [7, 11) is 1.49. The lowest BCUT2D eigenvalue weighted by Gasteiger charge is -2.11. The lowest BCUT2D eigenvalue weighted by molar-refractivity contribution is -0.112. The third kappa shape index (κ3) is 4.97. The first-order valence-electron chi connectivity index (χ1n) is 7.54. The zero-order chi connectivity index (χ0) is 18.2. The van der Waals surface area contributed by atoms with E-state index in [0.717, 1.165) is 11.1 Å². The molecule has 0 saturated carbocycles. The number of halogens is 1. The van der Waals surface area contributed by atoms with Crippen LogP contribution in [0.15, 0.2) is 60.2 Å². The van der Waals surface area contributed by atoms with Crippen LogP contribution in [0.4, 0.5) is 5.69 Å². The Hall–Kier alpha value is -3.03. The van der Waals surface area contributed by atoms with Crippen LogP contribution in [0.5, 0.6) is 5.75 Å². The average molecular weight is 353 g/mol. The highest BCUT2D eigenvalue weighted by atomic mass is 35.5. The van der Waals surface area contributed by atoms with Gasteiger partial charge in [0.1, 0.15) is 17.4 Å². The molecule has 1 amide bonds. The van der Waals surface area contributed by atoms with E-state index < -0.39 is 5.91 Å². The number of anilines is 1. The van der Waals surface area contributed by atoms with Crippen LogP contribution in [0.1, 0.15) is 11.1 Å². The molecule has 1 N–H and O–H groups in total. The lowest BCUT2D eigenvalue weighted by Crippen LogP contribution is -2.14. The Bertz CT molecular complexity index is 865. The van der Waals surface area contributed by atoms with Crippen LogP contribution in [-0.2, 0) is 4.79 Å². The van der Waals surface area contributed by atoms with Gasteiger partial charge in [0, 0.05) is 11.1 Å². The molecule has 25 heavy (non-hydrogen) atoms. The summed E-state index contributed by atoms with van der Waals surface area (Å²) in [5.74, 6) is -0.0821. The van der Waals surface area contributed by atoms with E-state index in [1.807, 2.05) is 49.4 Å². The molecule has 0 aliphatic heterocycles. The molecule has 4 nitrogen and oxygen atoms in total. The predicted molar refractivity (Wildman–Crippen MR) is 101 cm³/mol. The summed E-state index contributed by atoms with van der Waals surface area (Å²) in [4.78, 5) is 12.3. The molecule has 0 aliphatic rings. The minimum absolute atomic E-state index is 0.0122. The number of nitrogens with zero attached hydrogens (tertiary/aromatic N) is 1. The molecule has 0 bridgehead atoms. The maximum atomic E-state index is 12.3. The van der Waals surface area contributed by atoms with Crippen LogP contribution in [0.3, 0.4) is 0 Å². The van der Waals surface area contributed by atoms with E-state index in [4.69, 9.17) is 16.3 Å². The van der Waals surface area contributed by atoms with Gasteiger partial charge in [-0.25, -0.2) is 0 Å². The van der Waals surface area contributed by atoms with Crippen molar-refractivity contribution in [1.82, 2.24) is 0 Å². The van der Waals surface area contributed by atoms with Crippen LogP contribution in [0.2, 0.25) is 5.02 Å². The summed E-state index contributed by atoms with van der Waals surface area (Å²) in [5.41, 5.74) is 2.22. The second-order valence-corrected chi connectivity index (χ2v) is 5.62. The van der Waals surface area contributed by atoms with Crippen LogP contribution in [-0.4, -0.2) is 13.0 Å². The highest BCUT2D eigenvalue weighted by molar-refractivity contribution is 6.31. The van der Waals surface area contributed by atoms with Crippen LogP contribution >= 0.6 is 11.6 Å². The minimum atomic E-state index is -0.514. The number of carbonyl (C=O) groups excluding carboxylic acids is 1. The van der Waals surface area contributed by atoms with Gasteiger partial charge in [-0.2, -0.15) is 5.26 Å². The molecule has 0 unspecified atom stereocenters. The Kier molecular flexibility index (Phi) is 6.39. The van der Waals surface area contributed by atoms with Crippen molar-refractivity contribution in [3.8, 4) is 11.8 Å². The van der Waals surface area contributed by atoms with Gasteiger partial charge >= 0.3 is 0 Å².